The summed E-state index contributed by atoms with van der Waals surface area (Å²) < 4.78 is 9.00. The van der Waals surface area contributed by atoms with Gasteiger partial charge in [0.05, 0.1) is 12.3 Å². The van der Waals surface area contributed by atoms with Crippen LogP contribution in [0.25, 0.3) is 0 Å². The highest BCUT2D eigenvalue weighted by Crippen LogP contribution is 2.46. The van der Waals surface area contributed by atoms with Gasteiger partial charge in [-0.3, -0.25) is 9.48 Å². The minimum absolute atomic E-state index is 0.213. The van der Waals surface area contributed by atoms with Gasteiger partial charge in [-0.25, -0.2) is 4.68 Å². The Kier molecular flexibility index (Phi) is 4.42. The molecule has 1 fully saturated rings. The summed E-state index contributed by atoms with van der Waals surface area (Å²) in [6.07, 6.45) is 3.01. The molecule has 3 aromatic heterocycles. The van der Waals surface area contributed by atoms with Gasteiger partial charge in [0.25, 0.3) is 5.56 Å². The third kappa shape index (κ3) is 3.57. The van der Waals surface area contributed by atoms with E-state index in [9.17, 15) is 4.79 Å². The van der Waals surface area contributed by atoms with Crippen LogP contribution in [0.1, 0.15) is 23.0 Å². The summed E-state index contributed by atoms with van der Waals surface area (Å²) in [6.45, 7) is 2.43. The van der Waals surface area contributed by atoms with Crippen LogP contribution < -0.4 is 15.2 Å². The number of nitrogens with zero attached hydrogens (tertiary/aromatic N) is 7. The third-order valence-electron chi connectivity index (χ3n) is 4.67. The van der Waals surface area contributed by atoms with Crippen LogP contribution in [0.4, 0.5) is 10.8 Å². The average molecular weight is 387 g/mol. The van der Waals surface area contributed by atoms with E-state index in [1.165, 1.54) is 16.0 Å². The molecule has 10 heteroatoms. The maximum absolute atomic E-state index is 12.5. The lowest BCUT2D eigenvalue weighted by Gasteiger charge is -2.16. The van der Waals surface area contributed by atoms with Crippen LogP contribution in [0.2, 0.25) is 0 Å². The standard InChI is InChI=1S/C17H21N7O2S/c1-10-18-19-17(27-10)23(3)14-8-15(21-24(4)16(14)25)26-9-11-7-12(11)13-5-6-22(2)20-13/h5-6,8,11-12H,7,9H2,1-4H3/t11-,12+/m1/s1. The number of ether oxygens (including phenoxy) is 1. The quantitative estimate of drug-likeness (QED) is 0.635. The van der Waals surface area contributed by atoms with Gasteiger partial charge in [0, 0.05) is 45.2 Å². The molecule has 0 radical (unpaired) electrons. The minimum Gasteiger partial charge on any atom is -0.476 e. The molecular weight excluding hydrogens is 366 g/mol. The summed E-state index contributed by atoms with van der Waals surface area (Å²) in [6, 6.07) is 3.71. The molecular formula is C17H21N7O2S. The average Bonchev–Trinajstić information content (AvgIpc) is 3.06. The fraction of sp³-hybridized carbons (Fsp3) is 0.471. The second-order valence-electron chi connectivity index (χ2n) is 6.79. The number of aryl methyl sites for hydroxylation is 3. The predicted molar refractivity (Wildman–Crippen MR) is 102 cm³/mol. The molecule has 2 atom stereocenters. The smallest absolute Gasteiger partial charge is 0.290 e. The lowest BCUT2D eigenvalue weighted by Crippen LogP contribution is -2.27. The molecule has 0 N–H and O–H groups in total. The molecule has 1 aliphatic rings. The zero-order valence-corrected chi connectivity index (χ0v) is 16.5. The maximum atomic E-state index is 12.5. The van der Waals surface area contributed by atoms with Crippen molar-refractivity contribution in [3.8, 4) is 5.88 Å². The van der Waals surface area contributed by atoms with Crippen LogP contribution in [0.3, 0.4) is 0 Å². The zero-order valence-electron chi connectivity index (χ0n) is 15.7. The molecule has 0 unspecified atom stereocenters. The van der Waals surface area contributed by atoms with Crippen LogP contribution >= 0.6 is 11.3 Å². The zero-order chi connectivity index (χ0) is 19.1. The van der Waals surface area contributed by atoms with Crippen LogP contribution in [-0.2, 0) is 14.1 Å². The van der Waals surface area contributed by atoms with Gasteiger partial charge in [0.2, 0.25) is 11.0 Å². The van der Waals surface area contributed by atoms with Crippen LogP contribution in [0.15, 0.2) is 23.1 Å². The Balaban J connectivity index is 1.47. The van der Waals surface area contributed by atoms with Crippen molar-refractivity contribution in [2.75, 3.05) is 18.6 Å². The van der Waals surface area contributed by atoms with E-state index in [1.807, 2.05) is 30.9 Å². The molecule has 1 aliphatic carbocycles. The van der Waals surface area contributed by atoms with Crippen molar-refractivity contribution in [2.45, 2.75) is 19.3 Å². The second-order valence-corrected chi connectivity index (χ2v) is 7.95. The van der Waals surface area contributed by atoms with E-state index in [2.05, 4.69) is 20.4 Å². The van der Waals surface area contributed by atoms with Gasteiger partial charge in [0.15, 0.2) is 0 Å². The fourth-order valence-corrected chi connectivity index (χ4v) is 3.68. The fourth-order valence-electron chi connectivity index (χ4n) is 3.02. The Morgan fingerprint density at radius 3 is 2.81 bits per heavy atom. The van der Waals surface area contributed by atoms with Crippen molar-refractivity contribution in [3.05, 3.63) is 39.4 Å². The Labute approximate surface area is 160 Å². The highest BCUT2D eigenvalue weighted by Gasteiger charge is 2.40. The van der Waals surface area contributed by atoms with Crippen LogP contribution in [0.5, 0.6) is 5.88 Å². The summed E-state index contributed by atoms with van der Waals surface area (Å²) in [4.78, 5) is 14.2. The number of anilines is 2. The number of hydrogen-bond donors (Lipinski definition) is 0. The van der Waals surface area contributed by atoms with E-state index in [4.69, 9.17) is 4.74 Å². The second kappa shape index (κ2) is 6.76. The van der Waals surface area contributed by atoms with Crippen molar-refractivity contribution >= 4 is 22.2 Å². The first kappa shape index (κ1) is 17.7. The van der Waals surface area contributed by atoms with Gasteiger partial charge < -0.3 is 9.64 Å². The van der Waals surface area contributed by atoms with Crippen LogP contribution in [0, 0.1) is 12.8 Å². The molecule has 9 nitrogen and oxygen atoms in total. The van der Waals surface area contributed by atoms with E-state index in [-0.39, 0.29) is 5.56 Å². The monoisotopic (exact) mass is 387 g/mol. The molecule has 1 saturated carbocycles. The first-order valence-electron chi connectivity index (χ1n) is 8.67. The third-order valence-corrected chi connectivity index (χ3v) is 5.58. The van der Waals surface area contributed by atoms with Crippen molar-refractivity contribution in [1.29, 1.82) is 0 Å². The van der Waals surface area contributed by atoms with Gasteiger partial charge >= 0.3 is 0 Å². The maximum Gasteiger partial charge on any atom is 0.290 e. The predicted octanol–water partition coefficient (Wildman–Crippen LogP) is 1.62. The largest absolute Gasteiger partial charge is 0.476 e. The topological polar surface area (TPSA) is 91.0 Å². The molecule has 142 valence electrons. The molecule has 0 bridgehead atoms. The van der Waals surface area contributed by atoms with Gasteiger partial charge in [0.1, 0.15) is 10.7 Å². The van der Waals surface area contributed by atoms with Gasteiger partial charge in [-0.05, 0) is 19.4 Å². The van der Waals surface area contributed by atoms with Crippen molar-refractivity contribution < 1.29 is 4.74 Å². The van der Waals surface area contributed by atoms with Gasteiger partial charge in [-0.2, -0.15) is 5.10 Å². The number of aromatic nitrogens is 6. The van der Waals surface area contributed by atoms with Gasteiger partial charge in [-0.15, -0.1) is 15.3 Å². The Hall–Kier alpha value is -2.75. The molecule has 4 rings (SSSR count). The molecule has 0 saturated heterocycles. The first-order valence-corrected chi connectivity index (χ1v) is 9.48. The summed E-state index contributed by atoms with van der Waals surface area (Å²) in [7, 11) is 5.33. The summed E-state index contributed by atoms with van der Waals surface area (Å²) in [5, 5.41) is 18.3. The molecule has 3 aromatic rings. The highest BCUT2D eigenvalue weighted by atomic mass is 32.1. The van der Waals surface area contributed by atoms with Crippen molar-refractivity contribution in [1.82, 2.24) is 29.8 Å². The number of rotatable bonds is 6. The summed E-state index contributed by atoms with van der Waals surface area (Å²) in [5.41, 5.74) is 1.35. The normalized spacial score (nSPS) is 18.5. The molecule has 27 heavy (non-hydrogen) atoms. The molecule has 3 heterocycles. The van der Waals surface area contributed by atoms with Crippen molar-refractivity contribution in [3.63, 3.8) is 0 Å². The lowest BCUT2D eigenvalue weighted by molar-refractivity contribution is 0.278. The Morgan fingerprint density at radius 2 is 2.15 bits per heavy atom. The van der Waals surface area contributed by atoms with E-state index < -0.39 is 0 Å². The summed E-state index contributed by atoms with van der Waals surface area (Å²) >= 11 is 1.42. The van der Waals surface area contributed by atoms with Crippen molar-refractivity contribution in [2.24, 2.45) is 20.0 Å². The highest BCUT2D eigenvalue weighted by molar-refractivity contribution is 7.15. The lowest BCUT2D eigenvalue weighted by atomic mass is 10.2. The molecule has 0 aromatic carbocycles. The number of hydrogen-bond acceptors (Lipinski definition) is 8. The van der Waals surface area contributed by atoms with Crippen LogP contribution in [-0.4, -0.2) is 43.4 Å². The first-order chi connectivity index (χ1) is 12.9. The van der Waals surface area contributed by atoms with E-state index in [0.29, 0.717) is 35.1 Å². The molecule has 0 amide bonds. The SMILES string of the molecule is Cc1nnc(N(C)c2cc(OC[C@H]3C[C@@H]3c3ccn(C)n3)nn(C)c2=O)s1. The van der Waals surface area contributed by atoms with Gasteiger partial charge in [-0.1, -0.05) is 11.3 Å². The minimum atomic E-state index is -0.213. The summed E-state index contributed by atoms with van der Waals surface area (Å²) in [5.74, 6) is 1.28. The van der Waals surface area contributed by atoms with E-state index >= 15 is 0 Å². The molecule has 0 aliphatic heterocycles. The van der Waals surface area contributed by atoms with E-state index in [0.717, 1.165) is 17.1 Å². The Morgan fingerprint density at radius 1 is 1.33 bits per heavy atom. The Bertz CT molecular complexity index is 1020. The molecule has 0 spiro atoms. The van der Waals surface area contributed by atoms with E-state index in [1.54, 1.807) is 25.1 Å².